The number of aromatic carboxylic acids is 1. The second kappa shape index (κ2) is 6.04. The molecule has 0 aliphatic carbocycles. The average Bonchev–Trinajstić information content (AvgIpc) is 2.48. The van der Waals surface area contributed by atoms with Gasteiger partial charge in [-0.1, -0.05) is 12.1 Å². The Kier molecular flexibility index (Phi) is 4.18. The highest BCUT2D eigenvalue weighted by Crippen LogP contribution is 2.19. The number of hydrogen-bond acceptors (Lipinski definition) is 3. The minimum absolute atomic E-state index is 0.213. The molecule has 0 aliphatic heterocycles. The van der Waals surface area contributed by atoms with Crippen LogP contribution in [0.2, 0.25) is 0 Å². The van der Waals surface area contributed by atoms with Crippen molar-refractivity contribution in [2.24, 2.45) is 0 Å². The Hall–Kier alpha value is -2.89. The number of benzene rings is 2. The first-order chi connectivity index (χ1) is 10.0. The Morgan fingerprint density at radius 1 is 1.10 bits per heavy atom. The van der Waals surface area contributed by atoms with E-state index in [0.717, 1.165) is 12.1 Å². The first kappa shape index (κ1) is 14.5. The van der Waals surface area contributed by atoms with Gasteiger partial charge in [0.2, 0.25) is 0 Å². The summed E-state index contributed by atoms with van der Waals surface area (Å²) in [5, 5.41) is 14.3. The Balaban J connectivity index is 2.28. The molecule has 0 radical (unpaired) electrons. The zero-order valence-electron chi connectivity index (χ0n) is 11.2. The molecule has 3 N–H and O–H groups in total. The van der Waals surface area contributed by atoms with Crippen molar-refractivity contribution in [1.82, 2.24) is 0 Å². The minimum atomic E-state index is -1.39. The van der Waals surface area contributed by atoms with Gasteiger partial charge in [0.1, 0.15) is 5.82 Å². The fourth-order valence-electron chi connectivity index (χ4n) is 1.86. The lowest BCUT2D eigenvalue weighted by molar-refractivity contribution is 0.0691. The maximum atomic E-state index is 13.3. The van der Waals surface area contributed by atoms with Crippen molar-refractivity contribution in [2.75, 3.05) is 17.7 Å². The highest BCUT2D eigenvalue weighted by atomic mass is 19.1. The van der Waals surface area contributed by atoms with Crippen LogP contribution in [0.1, 0.15) is 20.7 Å². The summed E-state index contributed by atoms with van der Waals surface area (Å²) < 4.78 is 13.3. The zero-order chi connectivity index (χ0) is 15.4. The quantitative estimate of drug-likeness (QED) is 0.808. The molecule has 21 heavy (non-hydrogen) atoms. The summed E-state index contributed by atoms with van der Waals surface area (Å²) in [4.78, 5) is 23.0. The van der Waals surface area contributed by atoms with Gasteiger partial charge in [0, 0.05) is 18.4 Å². The van der Waals surface area contributed by atoms with Gasteiger partial charge in [-0.05, 0) is 30.3 Å². The fourth-order valence-corrected chi connectivity index (χ4v) is 1.86. The lowest BCUT2D eigenvalue weighted by Gasteiger charge is -2.10. The molecule has 0 spiro atoms. The van der Waals surface area contributed by atoms with E-state index in [1.165, 1.54) is 6.07 Å². The van der Waals surface area contributed by atoms with Gasteiger partial charge in [-0.25, -0.2) is 9.18 Å². The van der Waals surface area contributed by atoms with Crippen LogP contribution >= 0.6 is 0 Å². The van der Waals surface area contributed by atoms with Crippen molar-refractivity contribution in [1.29, 1.82) is 0 Å². The number of carbonyl (C=O) groups excluding carboxylic acids is 1. The lowest BCUT2D eigenvalue weighted by atomic mass is 10.1. The third-order valence-corrected chi connectivity index (χ3v) is 2.90. The maximum absolute atomic E-state index is 13.3. The summed E-state index contributed by atoms with van der Waals surface area (Å²) in [6, 6.07) is 10.2. The van der Waals surface area contributed by atoms with E-state index in [2.05, 4.69) is 10.6 Å². The summed E-state index contributed by atoms with van der Waals surface area (Å²) >= 11 is 0. The summed E-state index contributed by atoms with van der Waals surface area (Å²) in [5.41, 5.74) is 0.760. The SMILES string of the molecule is CNc1ccccc1C(=O)Nc1ccc(F)c(C(=O)O)c1. The molecule has 6 heteroatoms. The Morgan fingerprint density at radius 3 is 2.48 bits per heavy atom. The van der Waals surface area contributed by atoms with Crippen LogP contribution < -0.4 is 10.6 Å². The molecule has 0 bridgehead atoms. The number of halogens is 1. The molecule has 0 fully saturated rings. The van der Waals surface area contributed by atoms with E-state index in [1.807, 2.05) is 0 Å². The predicted octanol–water partition coefficient (Wildman–Crippen LogP) is 2.82. The molecule has 108 valence electrons. The second-order valence-corrected chi connectivity index (χ2v) is 4.25. The van der Waals surface area contributed by atoms with Gasteiger partial charge < -0.3 is 15.7 Å². The predicted molar refractivity (Wildman–Crippen MR) is 77.3 cm³/mol. The van der Waals surface area contributed by atoms with Crippen molar-refractivity contribution in [3.63, 3.8) is 0 Å². The van der Waals surface area contributed by atoms with E-state index in [1.54, 1.807) is 31.3 Å². The van der Waals surface area contributed by atoms with E-state index in [9.17, 15) is 14.0 Å². The Bertz CT molecular complexity index is 701. The lowest BCUT2D eigenvalue weighted by Crippen LogP contribution is -2.14. The molecular formula is C15H13FN2O3. The van der Waals surface area contributed by atoms with Gasteiger partial charge in [-0.15, -0.1) is 0 Å². The molecular weight excluding hydrogens is 275 g/mol. The van der Waals surface area contributed by atoms with Crippen LogP contribution in [0.5, 0.6) is 0 Å². The first-order valence-corrected chi connectivity index (χ1v) is 6.14. The molecule has 0 aliphatic rings. The summed E-state index contributed by atoms with van der Waals surface area (Å²) in [6.07, 6.45) is 0. The zero-order valence-corrected chi connectivity index (χ0v) is 11.2. The highest BCUT2D eigenvalue weighted by Gasteiger charge is 2.14. The summed E-state index contributed by atoms with van der Waals surface area (Å²) in [6.45, 7) is 0. The topological polar surface area (TPSA) is 78.4 Å². The van der Waals surface area contributed by atoms with Gasteiger partial charge in [0.25, 0.3) is 5.91 Å². The maximum Gasteiger partial charge on any atom is 0.338 e. The van der Waals surface area contributed by atoms with Crippen LogP contribution in [0.25, 0.3) is 0 Å². The van der Waals surface area contributed by atoms with Crippen molar-refractivity contribution in [2.45, 2.75) is 0 Å². The van der Waals surface area contributed by atoms with Gasteiger partial charge in [-0.2, -0.15) is 0 Å². The number of carboxylic acids is 1. The van der Waals surface area contributed by atoms with Crippen LogP contribution in [0, 0.1) is 5.82 Å². The van der Waals surface area contributed by atoms with E-state index < -0.39 is 23.3 Å². The van der Waals surface area contributed by atoms with E-state index in [-0.39, 0.29) is 5.69 Å². The number of carbonyl (C=O) groups is 2. The van der Waals surface area contributed by atoms with Crippen LogP contribution in [0.4, 0.5) is 15.8 Å². The third-order valence-electron chi connectivity index (χ3n) is 2.90. The Morgan fingerprint density at radius 2 is 1.81 bits per heavy atom. The average molecular weight is 288 g/mol. The first-order valence-electron chi connectivity index (χ1n) is 6.14. The smallest absolute Gasteiger partial charge is 0.338 e. The van der Waals surface area contributed by atoms with E-state index in [4.69, 9.17) is 5.11 Å². The number of nitrogens with one attached hydrogen (secondary N) is 2. The van der Waals surface area contributed by atoms with Gasteiger partial charge in [-0.3, -0.25) is 4.79 Å². The molecule has 2 aromatic carbocycles. The largest absolute Gasteiger partial charge is 0.478 e. The number of para-hydroxylation sites is 1. The number of anilines is 2. The Labute approximate surface area is 120 Å². The van der Waals surface area contributed by atoms with Crippen molar-refractivity contribution < 1.29 is 19.1 Å². The van der Waals surface area contributed by atoms with Crippen molar-refractivity contribution in [3.05, 3.63) is 59.4 Å². The molecule has 0 saturated carbocycles. The highest BCUT2D eigenvalue weighted by molar-refractivity contribution is 6.08. The van der Waals surface area contributed by atoms with E-state index >= 15 is 0 Å². The van der Waals surface area contributed by atoms with Gasteiger partial charge >= 0.3 is 5.97 Å². The normalized spacial score (nSPS) is 10.0. The van der Waals surface area contributed by atoms with Crippen LogP contribution in [-0.4, -0.2) is 24.0 Å². The van der Waals surface area contributed by atoms with E-state index in [0.29, 0.717) is 11.3 Å². The van der Waals surface area contributed by atoms with Crippen LogP contribution in [0.3, 0.4) is 0 Å². The molecule has 1 amide bonds. The fraction of sp³-hybridized carbons (Fsp3) is 0.0667. The van der Waals surface area contributed by atoms with Crippen molar-refractivity contribution in [3.8, 4) is 0 Å². The number of hydrogen-bond donors (Lipinski definition) is 3. The number of carboxylic acid groups (broad SMARTS) is 1. The molecule has 0 atom stereocenters. The van der Waals surface area contributed by atoms with Crippen molar-refractivity contribution >= 4 is 23.3 Å². The molecule has 2 aromatic rings. The molecule has 0 saturated heterocycles. The molecule has 0 aromatic heterocycles. The molecule has 0 unspecified atom stereocenters. The second-order valence-electron chi connectivity index (χ2n) is 4.25. The number of amides is 1. The third kappa shape index (κ3) is 3.17. The monoisotopic (exact) mass is 288 g/mol. The molecule has 2 rings (SSSR count). The summed E-state index contributed by atoms with van der Waals surface area (Å²) in [5.74, 6) is -2.65. The van der Waals surface area contributed by atoms with Crippen LogP contribution in [0.15, 0.2) is 42.5 Å². The standard InChI is InChI=1S/C15H13FN2O3/c1-17-13-5-3-2-4-10(13)14(19)18-9-6-7-12(16)11(8-9)15(20)21/h2-8,17H,1H3,(H,18,19)(H,20,21). The van der Waals surface area contributed by atoms with Gasteiger partial charge in [0.05, 0.1) is 11.1 Å². The summed E-state index contributed by atoms with van der Waals surface area (Å²) in [7, 11) is 1.69. The number of rotatable bonds is 4. The minimum Gasteiger partial charge on any atom is -0.478 e. The molecule has 5 nitrogen and oxygen atoms in total. The molecule has 0 heterocycles. The van der Waals surface area contributed by atoms with Gasteiger partial charge in [0.15, 0.2) is 0 Å². The van der Waals surface area contributed by atoms with Crippen LogP contribution in [-0.2, 0) is 0 Å².